The van der Waals surface area contributed by atoms with Crippen molar-refractivity contribution in [3.63, 3.8) is 0 Å². The standard InChI is InChI=1S/C14H14ClN3OS/c1-8(19)14-17-11-6-9(16)2-4-12(11)18(14)7-10-3-5-13(15)20-10/h2-6,8,19H,7,16H2,1H3. The smallest absolute Gasteiger partial charge is 0.138 e. The van der Waals surface area contributed by atoms with Crippen LogP contribution in [0.15, 0.2) is 30.3 Å². The maximum absolute atomic E-state index is 9.92. The molecule has 2 aromatic heterocycles. The maximum atomic E-state index is 9.92. The van der Waals surface area contributed by atoms with Crippen molar-refractivity contribution in [3.05, 3.63) is 45.4 Å². The number of anilines is 1. The van der Waals surface area contributed by atoms with Gasteiger partial charge in [-0.25, -0.2) is 4.98 Å². The van der Waals surface area contributed by atoms with Crippen LogP contribution in [0.2, 0.25) is 4.34 Å². The van der Waals surface area contributed by atoms with E-state index >= 15 is 0 Å². The first-order valence-electron chi connectivity index (χ1n) is 6.22. The van der Waals surface area contributed by atoms with Gasteiger partial charge in [-0.15, -0.1) is 11.3 Å². The lowest BCUT2D eigenvalue weighted by Crippen LogP contribution is -2.07. The largest absolute Gasteiger partial charge is 0.399 e. The molecule has 4 nitrogen and oxygen atoms in total. The topological polar surface area (TPSA) is 64.1 Å². The van der Waals surface area contributed by atoms with Crippen LogP contribution < -0.4 is 5.73 Å². The first kappa shape index (κ1) is 13.4. The number of nitrogens with zero attached hydrogens (tertiary/aromatic N) is 2. The number of hydrogen-bond donors (Lipinski definition) is 2. The molecule has 0 aliphatic carbocycles. The van der Waals surface area contributed by atoms with Crippen LogP contribution in [-0.2, 0) is 6.54 Å². The van der Waals surface area contributed by atoms with Gasteiger partial charge in [0.1, 0.15) is 11.9 Å². The van der Waals surface area contributed by atoms with Crippen molar-refractivity contribution < 1.29 is 5.11 Å². The Morgan fingerprint density at radius 3 is 2.85 bits per heavy atom. The molecule has 3 N–H and O–H groups in total. The summed E-state index contributed by atoms with van der Waals surface area (Å²) in [5, 5.41) is 9.92. The molecule has 0 radical (unpaired) electrons. The third-order valence-corrected chi connectivity index (χ3v) is 4.33. The van der Waals surface area contributed by atoms with Gasteiger partial charge >= 0.3 is 0 Å². The zero-order chi connectivity index (χ0) is 14.3. The van der Waals surface area contributed by atoms with Crippen LogP contribution in [0.1, 0.15) is 23.7 Å². The van der Waals surface area contributed by atoms with Gasteiger partial charge in [-0.3, -0.25) is 0 Å². The molecule has 0 aliphatic rings. The van der Waals surface area contributed by atoms with E-state index in [1.807, 2.05) is 34.9 Å². The van der Waals surface area contributed by atoms with E-state index in [-0.39, 0.29) is 0 Å². The van der Waals surface area contributed by atoms with E-state index in [2.05, 4.69) is 4.98 Å². The molecule has 0 spiro atoms. The fourth-order valence-corrected chi connectivity index (χ4v) is 3.32. The SMILES string of the molecule is CC(O)c1nc2cc(N)ccc2n1Cc1ccc(Cl)s1. The number of nitrogen functional groups attached to an aromatic ring is 1. The van der Waals surface area contributed by atoms with Gasteiger partial charge in [0.25, 0.3) is 0 Å². The summed E-state index contributed by atoms with van der Waals surface area (Å²) < 4.78 is 2.76. The number of aliphatic hydroxyl groups is 1. The van der Waals surface area contributed by atoms with Gasteiger partial charge in [0.2, 0.25) is 0 Å². The Bertz CT molecular complexity index is 763. The Labute approximate surface area is 125 Å². The Morgan fingerprint density at radius 1 is 1.40 bits per heavy atom. The number of imidazole rings is 1. The van der Waals surface area contributed by atoms with Gasteiger partial charge in [0, 0.05) is 10.6 Å². The van der Waals surface area contributed by atoms with Crippen LogP contribution in [0, 0.1) is 0 Å². The van der Waals surface area contributed by atoms with Gasteiger partial charge < -0.3 is 15.4 Å². The van der Waals surface area contributed by atoms with Crippen molar-refractivity contribution in [2.24, 2.45) is 0 Å². The van der Waals surface area contributed by atoms with Gasteiger partial charge in [-0.1, -0.05) is 11.6 Å². The molecular formula is C14H14ClN3OS. The number of hydrogen-bond acceptors (Lipinski definition) is 4. The van der Waals surface area contributed by atoms with E-state index in [9.17, 15) is 5.11 Å². The summed E-state index contributed by atoms with van der Waals surface area (Å²) in [4.78, 5) is 5.60. The molecule has 3 rings (SSSR count). The van der Waals surface area contributed by atoms with Crippen LogP contribution in [0.3, 0.4) is 0 Å². The molecule has 0 amide bonds. The molecule has 0 saturated carbocycles. The third kappa shape index (κ3) is 2.40. The normalized spacial score (nSPS) is 12.9. The molecule has 1 atom stereocenters. The van der Waals surface area contributed by atoms with Crippen molar-refractivity contribution in [2.75, 3.05) is 5.73 Å². The molecule has 20 heavy (non-hydrogen) atoms. The number of fused-ring (bicyclic) bond motifs is 1. The van der Waals surface area contributed by atoms with E-state index < -0.39 is 6.10 Å². The van der Waals surface area contributed by atoms with Gasteiger partial charge in [0.05, 0.1) is 21.9 Å². The summed E-state index contributed by atoms with van der Waals surface area (Å²) in [5.74, 6) is 0.634. The van der Waals surface area contributed by atoms with E-state index in [1.165, 1.54) is 11.3 Å². The second-order valence-corrected chi connectivity index (χ2v) is 6.49. The number of benzene rings is 1. The third-order valence-electron chi connectivity index (χ3n) is 3.12. The molecule has 0 bridgehead atoms. The molecule has 0 fully saturated rings. The summed E-state index contributed by atoms with van der Waals surface area (Å²) in [7, 11) is 0. The lowest BCUT2D eigenvalue weighted by molar-refractivity contribution is 0.185. The summed E-state index contributed by atoms with van der Waals surface area (Å²) in [6, 6.07) is 9.45. The van der Waals surface area contributed by atoms with Gasteiger partial charge in [0.15, 0.2) is 0 Å². The molecule has 2 heterocycles. The molecule has 1 unspecified atom stereocenters. The van der Waals surface area contributed by atoms with E-state index in [1.54, 1.807) is 6.92 Å². The van der Waals surface area contributed by atoms with Crippen molar-refractivity contribution in [3.8, 4) is 0 Å². The number of rotatable bonds is 3. The predicted octanol–water partition coefficient (Wildman–Crippen LogP) is 3.44. The summed E-state index contributed by atoms with van der Waals surface area (Å²) in [5.41, 5.74) is 8.21. The minimum atomic E-state index is -0.640. The van der Waals surface area contributed by atoms with Crippen LogP contribution in [-0.4, -0.2) is 14.7 Å². The number of halogens is 1. The highest BCUT2D eigenvalue weighted by molar-refractivity contribution is 7.16. The van der Waals surface area contributed by atoms with E-state index in [0.29, 0.717) is 18.1 Å². The van der Waals surface area contributed by atoms with E-state index in [4.69, 9.17) is 17.3 Å². The monoisotopic (exact) mass is 307 g/mol. The molecular weight excluding hydrogens is 294 g/mol. The molecule has 104 valence electrons. The zero-order valence-electron chi connectivity index (χ0n) is 10.9. The Morgan fingerprint density at radius 2 is 2.20 bits per heavy atom. The highest BCUT2D eigenvalue weighted by Gasteiger charge is 2.15. The first-order chi connectivity index (χ1) is 9.54. The molecule has 3 aromatic rings. The first-order valence-corrected chi connectivity index (χ1v) is 7.42. The second-order valence-electron chi connectivity index (χ2n) is 4.69. The minimum absolute atomic E-state index is 0.634. The molecule has 0 aliphatic heterocycles. The predicted molar refractivity (Wildman–Crippen MR) is 83.2 cm³/mol. The van der Waals surface area contributed by atoms with E-state index in [0.717, 1.165) is 20.2 Å². The van der Waals surface area contributed by atoms with Crippen molar-refractivity contribution >= 4 is 39.7 Å². The quantitative estimate of drug-likeness (QED) is 0.729. The molecule has 1 aromatic carbocycles. The number of thiophene rings is 1. The Hall–Kier alpha value is -1.56. The highest BCUT2D eigenvalue weighted by atomic mass is 35.5. The van der Waals surface area contributed by atoms with Crippen molar-refractivity contribution in [1.29, 1.82) is 0 Å². The number of nitrogens with two attached hydrogens (primary N) is 1. The number of aromatic nitrogens is 2. The minimum Gasteiger partial charge on any atom is -0.399 e. The summed E-state index contributed by atoms with van der Waals surface area (Å²) >= 11 is 7.50. The summed E-state index contributed by atoms with van der Waals surface area (Å²) in [6.07, 6.45) is -0.640. The molecule has 6 heteroatoms. The summed E-state index contributed by atoms with van der Waals surface area (Å²) in [6.45, 7) is 2.35. The van der Waals surface area contributed by atoms with Crippen LogP contribution in [0.25, 0.3) is 11.0 Å². The lowest BCUT2D eigenvalue weighted by Gasteiger charge is -2.09. The Balaban J connectivity index is 2.13. The lowest BCUT2D eigenvalue weighted by atomic mass is 10.3. The van der Waals surface area contributed by atoms with Crippen LogP contribution >= 0.6 is 22.9 Å². The van der Waals surface area contributed by atoms with Gasteiger partial charge in [-0.2, -0.15) is 0 Å². The van der Waals surface area contributed by atoms with Crippen LogP contribution in [0.4, 0.5) is 5.69 Å². The molecule has 0 saturated heterocycles. The fourth-order valence-electron chi connectivity index (χ4n) is 2.24. The fraction of sp³-hybridized carbons (Fsp3) is 0.214. The second kappa shape index (κ2) is 5.09. The maximum Gasteiger partial charge on any atom is 0.138 e. The number of aliphatic hydroxyl groups excluding tert-OH is 1. The highest BCUT2D eigenvalue weighted by Crippen LogP contribution is 2.27. The zero-order valence-corrected chi connectivity index (χ0v) is 12.4. The average molecular weight is 308 g/mol. The Kier molecular flexibility index (Phi) is 3.41. The van der Waals surface area contributed by atoms with Crippen molar-refractivity contribution in [1.82, 2.24) is 9.55 Å². The van der Waals surface area contributed by atoms with Gasteiger partial charge in [-0.05, 0) is 37.3 Å². The average Bonchev–Trinajstić information content (AvgIpc) is 2.94. The van der Waals surface area contributed by atoms with Crippen LogP contribution in [0.5, 0.6) is 0 Å². The van der Waals surface area contributed by atoms with Crippen molar-refractivity contribution in [2.45, 2.75) is 19.6 Å².